The van der Waals surface area contributed by atoms with Crippen LogP contribution in [0.3, 0.4) is 0 Å². The molecule has 0 heterocycles. The maximum absolute atomic E-state index is 10.5. The lowest BCUT2D eigenvalue weighted by Gasteiger charge is -2.12. The SMILES string of the molecule is CCC(SC)P(=O)(O)O. The van der Waals surface area contributed by atoms with Crippen molar-refractivity contribution < 1.29 is 14.4 Å². The Hall–Kier alpha value is 0.500. The van der Waals surface area contributed by atoms with Crippen LogP contribution in [0.4, 0.5) is 0 Å². The summed E-state index contributed by atoms with van der Waals surface area (Å²) in [5, 5.41) is 0. The molecule has 0 rings (SSSR count). The minimum atomic E-state index is -3.81. The molecule has 5 heteroatoms. The monoisotopic (exact) mass is 170 g/mol. The molecule has 0 aromatic rings. The van der Waals surface area contributed by atoms with Gasteiger partial charge in [0.1, 0.15) is 4.99 Å². The van der Waals surface area contributed by atoms with Gasteiger partial charge in [0.25, 0.3) is 0 Å². The van der Waals surface area contributed by atoms with E-state index in [1.165, 1.54) is 11.8 Å². The van der Waals surface area contributed by atoms with Gasteiger partial charge in [-0.25, -0.2) is 0 Å². The maximum Gasteiger partial charge on any atom is 0.338 e. The van der Waals surface area contributed by atoms with E-state index in [9.17, 15) is 4.57 Å². The fourth-order valence-corrected chi connectivity index (χ4v) is 2.45. The Balaban J connectivity index is 3.96. The van der Waals surface area contributed by atoms with E-state index in [2.05, 4.69) is 0 Å². The van der Waals surface area contributed by atoms with Crippen molar-refractivity contribution in [2.45, 2.75) is 18.3 Å². The summed E-state index contributed by atoms with van der Waals surface area (Å²) in [7, 11) is -3.81. The van der Waals surface area contributed by atoms with Crippen molar-refractivity contribution >= 4 is 19.4 Å². The molecule has 0 saturated heterocycles. The summed E-state index contributed by atoms with van der Waals surface area (Å²) in [4.78, 5) is 16.6. The highest BCUT2D eigenvalue weighted by molar-refractivity contribution is 8.04. The summed E-state index contributed by atoms with van der Waals surface area (Å²) in [5.74, 6) is 0. The van der Waals surface area contributed by atoms with Gasteiger partial charge in [-0.05, 0) is 12.7 Å². The van der Waals surface area contributed by atoms with Crippen LogP contribution >= 0.6 is 19.4 Å². The van der Waals surface area contributed by atoms with Gasteiger partial charge in [0.15, 0.2) is 0 Å². The van der Waals surface area contributed by atoms with Gasteiger partial charge >= 0.3 is 7.60 Å². The van der Waals surface area contributed by atoms with Crippen LogP contribution in [-0.2, 0) is 4.57 Å². The standard InChI is InChI=1S/C4H11O3PS/c1-3-4(9-2)8(5,6)7/h4H,3H2,1-2H3,(H2,5,6,7). The van der Waals surface area contributed by atoms with Gasteiger partial charge in [0.2, 0.25) is 0 Å². The highest BCUT2D eigenvalue weighted by Crippen LogP contribution is 2.47. The maximum atomic E-state index is 10.5. The molecule has 3 nitrogen and oxygen atoms in total. The first-order valence-electron chi connectivity index (χ1n) is 2.60. The zero-order valence-corrected chi connectivity index (χ0v) is 7.15. The minimum Gasteiger partial charge on any atom is -0.324 e. The quantitative estimate of drug-likeness (QED) is 0.626. The van der Waals surface area contributed by atoms with Crippen LogP contribution in [0.15, 0.2) is 0 Å². The molecule has 0 bridgehead atoms. The molecule has 0 fully saturated rings. The largest absolute Gasteiger partial charge is 0.338 e. The third kappa shape index (κ3) is 3.26. The van der Waals surface area contributed by atoms with E-state index in [1.54, 1.807) is 13.2 Å². The second-order valence-corrected chi connectivity index (χ2v) is 4.88. The normalized spacial score (nSPS) is 15.6. The van der Waals surface area contributed by atoms with Crippen LogP contribution in [0.2, 0.25) is 0 Å². The molecule has 0 saturated carbocycles. The molecule has 0 aliphatic rings. The Kier molecular flexibility index (Phi) is 3.82. The van der Waals surface area contributed by atoms with Crippen molar-refractivity contribution in [1.82, 2.24) is 0 Å². The first-order valence-corrected chi connectivity index (χ1v) is 5.57. The summed E-state index contributed by atoms with van der Waals surface area (Å²) in [6.45, 7) is 1.76. The third-order valence-corrected chi connectivity index (χ3v) is 4.45. The molecule has 2 N–H and O–H groups in total. The summed E-state index contributed by atoms with van der Waals surface area (Å²) < 4.78 is 10.5. The number of hydrogen-bond acceptors (Lipinski definition) is 2. The zero-order chi connectivity index (χ0) is 7.49. The second-order valence-electron chi connectivity index (χ2n) is 1.69. The summed E-state index contributed by atoms with van der Waals surface area (Å²) in [6.07, 6.45) is 2.22. The molecular formula is C4H11O3PS. The molecule has 0 spiro atoms. The van der Waals surface area contributed by atoms with Gasteiger partial charge in [-0.1, -0.05) is 6.92 Å². The topological polar surface area (TPSA) is 57.5 Å². The molecule has 9 heavy (non-hydrogen) atoms. The average Bonchev–Trinajstić information content (AvgIpc) is 1.65. The van der Waals surface area contributed by atoms with Crippen molar-refractivity contribution in [3.63, 3.8) is 0 Å². The molecule has 0 aliphatic heterocycles. The van der Waals surface area contributed by atoms with E-state index in [0.29, 0.717) is 6.42 Å². The minimum absolute atomic E-state index is 0.516. The van der Waals surface area contributed by atoms with Gasteiger partial charge < -0.3 is 9.79 Å². The molecule has 1 atom stereocenters. The fraction of sp³-hybridized carbons (Fsp3) is 1.00. The Morgan fingerprint density at radius 3 is 2.11 bits per heavy atom. The van der Waals surface area contributed by atoms with Crippen LogP contribution in [0, 0.1) is 0 Å². The number of hydrogen-bond donors (Lipinski definition) is 2. The van der Waals surface area contributed by atoms with Crippen molar-refractivity contribution in [3.05, 3.63) is 0 Å². The van der Waals surface area contributed by atoms with E-state index in [-0.39, 0.29) is 0 Å². The third-order valence-electron chi connectivity index (χ3n) is 0.996. The van der Waals surface area contributed by atoms with Gasteiger partial charge in [-0.3, -0.25) is 4.57 Å². The fourth-order valence-electron chi connectivity index (χ4n) is 0.542. The highest BCUT2D eigenvalue weighted by atomic mass is 32.2. The lowest BCUT2D eigenvalue weighted by Crippen LogP contribution is -1.99. The molecule has 0 amide bonds. The lowest BCUT2D eigenvalue weighted by molar-refractivity contribution is 0.369. The molecule has 0 radical (unpaired) electrons. The van der Waals surface area contributed by atoms with Crippen molar-refractivity contribution in [2.75, 3.05) is 6.26 Å². The molecular weight excluding hydrogens is 159 g/mol. The highest BCUT2D eigenvalue weighted by Gasteiger charge is 2.25. The van der Waals surface area contributed by atoms with Crippen LogP contribution in [-0.4, -0.2) is 21.0 Å². The van der Waals surface area contributed by atoms with Gasteiger partial charge in [-0.2, -0.15) is 0 Å². The Morgan fingerprint density at radius 1 is 1.67 bits per heavy atom. The van der Waals surface area contributed by atoms with E-state index in [0.717, 1.165) is 0 Å². The predicted molar refractivity (Wildman–Crippen MR) is 39.6 cm³/mol. The summed E-state index contributed by atoms with van der Waals surface area (Å²) in [6, 6.07) is 0. The van der Waals surface area contributed by atoms with Crippen molar-refractivity contribution in [3.8, 4) is 0 Å². The van der Waals surface area contributed by atoms with E-state index in [4.69, 9.17) is 9.79 Å². The predicted octanol–water partition coefficient (Wildman–Crippen LogP) is 1.26. The van der Waals surface area contributed by atoms with E-state index in [1.807, 2.05) is 0 Å². The second kappa shape index (κ2) is 3.62. The van der Waals surface area contributed by atoms with Crippen LogP contribution in [0.5, 0.6) is 0 Å². The molecule has 1 unspecified atom stereocenters. The number of thioether (sulfide) groups is 1. The first-order chi connectivity index (χ1) is 4.02. The van der Waals surface area contributed by atoms with Gasteiger partial charge in [0, 0.05) is 0 Å². The smallest absolute Gasteiger partial charge is 0.324 e. The van der Waals surface area contributed by atoms with Crippen molar-refractivity contribution in [2.24, 2.45) is 0 Å². The van der Waals surface area contributed by atoms with Gasteiger partial charge in [-0.15, -0.1) is 11.8 Å². The zero-order valence-electron chi connectivity index (χ0n) is 5.44. The van der Waals surface area contributed by atoms with Crippen LogP contribution in [0.1, 0.15) is 13.3 Å². The molecule has 0 aromatic heterocycles. The summed E-state index contributed by atoms with van der Waals surface area (Å²) >= 11 is 1.21. The van der Waals surface area contributed by atoms with E-state index >= 15 is 0 Å². The molecule has 56 valence electrons. The van der Waals surface area contributed by atoms with Gasteiger partial charge in [0.05, 0.1) is 0 Å². The van der Waals surface area contributed by atoms with Crippen LogP contribution < -0.4 is 0 Å². The average molecular weight is 170 g/mol. The summed E-state index contributed by atoms with van der Waals surface area (Å²) in [5.41, 5.74) is 0. The molecule has 0 aromatic carbocycles. The Labute approximate surface area is 59.0 Å². The lowest BCUT2D eigenvalue weighted by atomic mass is 10.6. The van der Waals surface area contributed by atoms with Crippen LogP contribution in [0.25, 0.3) is 0 Å². The Morgan fingerprint density at radius 2 is 2.11 bits per heavy atom. The molecule has 0 aliphatic carbocycles. The Bertz CT molecular complexity index is 117. The first kappa shape index (κ1) is 9.50. The van der Waals surface area contributed by atoms with E-state index < -0.39 is 12.6 Å². The number of rotatable bonds is 3. The van der Waals surface area contributed by atoms with Crippen molar-refractivity contribution in [1.29, 1.82) is 0 Å².